The zero-order valence-corrected chi connectivity index (χ0v) is 27.0. The van der Waals surface area contributed by atoms with Gasteiger partial charge in [0.25, 0.3) is 0 Å². The molecule has 11 heteroatoms. The second-order valence-electron chi connectivity index (χ2n) is 12.4. The molecule has 0 heterocycles. The van der Waals surface area contributed by atoms with Crippen molar-refractivity contribution in [2.75, 3.05) is 6.54 Å². The number of nitrogens with zero attached hydrogens (tertiary/aromatic N) is 1. The number of carbonyl (C=O) groups excluding carboxylic acids is 5. The van der Waals surface area contributed by atoms with Crippen LogP contribution < -0.4 is 16.4 Å². The van der Waals surface area contributed by atoms with Crippen LogP contribution in [0, 0.1) is 12.3 Å². The Hall–Kier alpha value is -4.85. The minimum Gasteiger partial charge on any atom is -0.458 e. The van der Waals surface area contributed by atoms with E-state index in [0.717, 1.165) is 5.56 Å². The molecule has 3 unspecified atom stereocenters. The molecule has 0 aromatic heterocycles. The van der Waals surface area contributed by atoms with Crippen molar-refractivity contribution in [3.8, 4) is 12.3 Å². The van der Waals surface area contributed by atoms with Crippen molar-refractivity contribution in [2.24, 2.45) is 5.73 Å². The van der Waals surface area contributed by atoms with E-state index in [1.165, 1.54) is 4.90 Å². The average molecular weight is 621 g/mol. The molecule has 2 aromatic rings. The van der Waals surface area contributed by atoms with Crippen LogP contribution >= 0.6 is 0 Å². The van der Waals surface area contributed by atoms with Crippen LogP contribution in [0.3, 0.4) is 0 Å². The number of benzene rings is 2. The third-order valence-corrected chi connectivity index (χ3v) is 6.26. The Morgan fingerprint density at radius 1 is 0.867 bits per heavy atom. The number of esters is 1. The van der Waals surface area contributed by atoms with Gasteiger partial charge < -0.3 is 30.7 Å². The van der Waals surface area contributed by atoms with Crippen LogP contribution in [0.25, 0.3) is 0 Å². The van der Waals surface area contributed by atoms with Gasteiger partial charge in [0.2, 0.25) is 17.7 Å². The SMILES string of the molecule is C#Cc1ccc(C(C(=O)NC(Cc2ccccc2)C(=O)OC(C)(C)C)N(CC)C(=O)C(CC(N)=O)NC(=O)OC(C)(C)C)cc1. The molecule has 0 fully saturated rings. The molecule has 4 amide bonds. The van der Waals surface area contributed by atoms with Gasteiger partial charge in [0.05, 0.1) is 6.42 Å². The molecule has 0 bridgehead atoms. The fourth-order valence-corrected chi connectivity index (χ4v) is 4.42. The second kappa shape index (κ2) is 15.7. The molecule has 0 saturated heterocycles. The van der Waals surface area contributed by atoms with E-state index in [0.29, 0.717) is 11.1 Å². The standard InChI is InChI=1S/C34H44N4O7/c1-9-22-16-18-24(19-17-22)28(38(10-2)30(41)25(21-27(35)39)37-32(43)45-34(6,7)8)29(40)36-26(31(42)44-33(3,4)5)20-23-14-12-11-13-15-23/h1,11-19,25-26,28H,10,20-21H2,2-8H3,(H2,35,39)(H,36,40)(H,37,43). The molecule has 4 N–H and O–H groups in total. The topological polar surface area (TPSA) is 157 Å². The summed E-state index contributed by atoms with van der Waals surface area (Å²) < 4.78 is 10.9. The molecule has 0 saturated carbocycles. The van der Waals surface area contributed by atoms with E-state index >= 15 is 0 Å². The predicted octanol–water partition coefficient (Wildman–Crippen LogP) is 3.40. The Morgan fingerprint density at radius 2 is 1.44 bits per heavy atom. The number of carbonyl (C=O) groups is 5. The number of nitrogens with one attached hydrogen (secondary N) is 2. The van der Waals surface area contributed by atoms with E-state index in [1.54, 1.807) is 72.7 Å². The van der Waals surface area contributed by atoms with Gasteiger partial charge in [0.15, 0.2) is 0 Å². The van der Waals surface area contributed by atoms with Crippen molar-refractivity contribution in [3.63, 3.8) is 0 Å². The molecule has 2 rings (SSSR count). The number of hydrogen-bond donors (Lipinski definition) is 3. The van der Waals surface area contributed by atoms with Gasteiger partial charge in [0, 0.05) is 18.5 Å². The van der Waals surface area contributed by atoms with Gasteiger partial charge >= 0.3 is 12.1 Å². The summed E-state index contributed by atoms with van der Waals surface area (Å²) in [6, 6.07) is 11.7. The number of likely N-dealkylation sites (N-methyl/N-ethyl adjacent to an activating group) is 1. The molecule has 0 radical (unpaired) electrons. The Balaban J connectivity index is 2.56. The quantitative estimate of drug-likeness (QED) is 0.242. The highest BCUT2D eigenvalue weighted by molar-refractivity contribution is 5.95. The Kier molecular flexibility index (Phi) is 12.7. The predicted molar refractivity (Wildman–Crippen MR) is 169 cm³/mol. The zero-order valence-electron chi connectivity index (χ0n) is 27.0. The Morgan fingerprint density at radius 3 is 1.93 bits per heavy atom. The summed E-state index contributed by atoms with van der Waals surface area (Å²) in [5, 5.41) is 5.20. The summed E-state index contributed by atoms with van der Waals surface area (Å²) in [7, 11) is 0. The molecular weight excluding hydrogens is 576 g/mol. The molecule has 2 aromatic carbocycles. The first-order chi connectivity index (χ1) is 20.9. The van der Waals surface area contributed by atoms with Crippen LogP contribution in [0.1, 0.15) is 77.6 Å². The zero-order chi connectivity index (χ0) is 33.9. The van der Waals surface area contributed by atoms with Crippen molar-refractivity contribution in [1.29, 1.82) is 0 Å². The number of nitrogens with two attached hydrogens (primary N) is 1. The number of terminal acetylenes is 1. The molecule has 0 aliphatic rings. The molecule has 11 nitrogen and oxygen atoms in total. The summed E-state index contributed by atoms with van der Waals surface area (Å²) in [5.74, 6) is -0.461. The molecular formula is C34H44N4O7. The number of rotatable bonds is 12. The Labute approximate surface area is 265 Å². The van der Waals surface area contributed by atoms with Crippen molar-refractivity contribution < 1.29 is 33.4 Å². The van der Waals surface area contributed by atoms with E-state index in [9.17, 15) is 24.0 Å². The maximum Gasteiger partial charge on any atom is 0.408 e. The Bertz CT molecular complexity index is 1390. The van der Waals surface area contributed by atoms with Crippen LogP contribution in [-0.2, 0) is 35.1 Å². The van der Waals surface area contributed by atoms with Crippen LogP contribution in [0.2, 0.25) is 0 Å². The van der Waals surface area contributed by atoms with Gasteiger partial charge in [-0.15, -0.1) is 6.42 Å². The first-order valence-corrected chi connectivity index (χ1v) is 14.7. The van der Waals surface area contributed by atoms with Crippen LogP contribution in [0.4, 0.5) is 4.79 Å². The van der Waals surface area contributed by atoms with E-state index < -0.39 is 65.5 Å². The summed E-state index contributed by atoms with van der Waals surface area (Å²) in [6.45, 7) is 11.7. The monoisotopic (exact) mass is 620 g/mol. The number of amides is 4. The fraction of sp³-hybridized carbons (Fsp3) is 0.441. The van der Waals surface area contributed by atoms with Crippen molar-refractivity contribution in [1.82, 2.24) is 15.5 Å². The molecule has 45 heavy (non-hydrogen) atoms. The highest BCUT2D eigenvalue weighted by Crippen LogP contribution is 2.24. The van der Waals surface area contributed by atoms with Gasteiger partial charge in [-0.05, 0) is 71.7 Å². The van der Waals surface area contributed by atoms with Crippen LogP contribution in [0.5, 0.6) is 0 Å². The number of hydrogen-bond acceptors (Lipinski definition) is 7. The van der Waals surface area contributed by atoms with Crippen molar-refractivity contribution >= 4 is 29.8 Å². The summed E-state index contributed by atoms with van der Waals surface area (Å²) >= 11 is 0. The highest BCUT2D eigenvalue weighted by Gasteiger charge is 2.38. The molecule has 0 spiro atoms. The van der Waals surface area contributed by atoms with Crippen LogP contribution in [-0.4, -0.2) is 64.5 Å². The normalized spacial score (nSPS) is 13.3. The molecule has 0 aliphatic carbocycles. The summed E-state index contributed by atoms with van der Waals surface area (Å²) in [4.78, 5) is 67.3. The number of primary amides is 1. The lowest BCUT2D eigenvalue weighted by molar-refractivity contribution is -0.159. The molecule has 3 atom stereocenters. The van der Waals surface area contributed by atoms with Gasteiger partial charge in [-0.2, -0.15) is 0 Å². The van der Waals surface area contributed by atoms with Gasteiger partial charge in [-0.1, -0.05) is 48.4 Å². The van der Waals surface area contributed by atoms with Gasteiger partial charge in [-0.25, -0.2) is 9.59 Å². The van der Waals surface area contributed by atoms with Gasteiger partial charge in [0.1, 0.15) is 29.3 Å². The van der Waals surface area contributed by atoms with E-state index in [1.807, 2.05) is 30.3 Å². The maximum absolute atomic E-state index is 14.2. The minimum atomic E-state index is -1.44. The lowest BCUT2D eigenvalue weighted by atomic mass is 9.99. The summed E-state index contributed by atoms with van der Waals surface area (Å²) in [5.41, 5.74) is 5.40. The third-order valence-electron chi connectivity index (χ3n) is 6.26. The van der Waals surface area contributed by atoms with Crippen LogP contribution in [0.15, 0.2) is 54.6 Å². The van der Waals surface area contributed by atoms with E-state index in [-0.39, 0.29) is 13.0 Å². The maximum atomic E-state index is 14.2. The minimum absolute atomic E-state index is 0.0190. The largest absolute Gasteiger partial charge is 0.458 e. The lowest BCUT2D eigenvalue weighted by Crippen LogP contribution is -2.55. The molecule has 0 aliphatic heterocycles. The second-order valence-corrected chi connectivity index (χ2v) is 12.4. The van der Waals surface area contributed by atoms with E-state index in [2.05, 4.69) is 16.6 Å². The smallest absolute Gasteiger partial charge is 0.408 e. The molecule has 242 valence electrons. The average Bonchev–Trinajstić information content (AvgIpc) is 2.93. The first kappa shape index (κ1) is 36.3. The number of ether oxygens (including phenoxy) is 2. The van der Waals surface area contributed by atoms with E-state index in [4.69, 9.17) is 21.6 Å². The number of alkyl carbamates (subject to hydrolysis) is 1. The third kappa shape index (κ3) is 12.0. The van der Waals surface area contributed by atoms with Gasteiger partial charge in [-0.3, -0.25) is 14.4 Å². The van der Waals surface area contributed by atoms with Crippen molar-refractivity contribution in [2.45, 2.75) is 90.6 Å². The summed E-state index contributed by atoms with van der Waals surface area (Å²) in [6.07, 6.45) is 4.16. The fourth-order valence-electron chi connectivity index (χ4n) is 4.42. The van der Waals surface area contributed by atoms with Crippen molar-refractivity contribution in [3.05, 3.63) is 71.3 Å². The highest BCUT2D eigenvalue weighted by atomic mass is 16.6. The first-order valence-electron chi connectivity index (χ1n) is 14.7. The lowest BCUT2D eigenvalue weighted by Gasteiger charge is -2.34.